The molecule has 0 bridgehead atoms. The molecule has 0 aliphatic carbocycles. The van der Waals surface area contributed by atoms with Crippen LogP contribution < -0.4 is 0 Å². The monoisotopic (exact) mass is 160 g/mol. The van der Waals surface area contributed by atoms with Gasteiger partial charge in [-0.3, -0.25) is 4.21 Å². The van der Waals surface area contributed by atoms with Gasteiger partial charge in [0.1, 0.15) is 0 Å². The van der Waals surface area contributed by atoms with Gasteiger partial charge in [-0.05, 0) is 0 Å². The molecular weight excluding hydrogens is 152 g/mol. The lowest BCUT2D eigenvalue weighted by Gasteiger charge is -2.02. The van der Waals surface area contributed by atoms with Crippen LogP contribution in [0.1, 0.15) is 0 Å². The van der Waals surface area contributed by atoms with E-state index in [1.165, 1.54) is 25.0 Å². The Morgan fingerprint density at radius 1 is 1.20 bits per heavy atom. The van der Waals surface area contributed by atoms with Crippen LogP contribution in [0.5, 0.6) is 0 Å². The minimum absolute atomic E-state index is 0.542. The first kappa shape index (κ1) is 7.34. The van der Waals surface area contributed by atoms with Gasteiger partial charge in [-0.15, -0.1) is 0 Å². The largest absolute Gasteiger partial charge is 0.492 e. The van der Waals surface area contributed by atoms with Crippen molar-refractivity contribution in [2.75, 3.05) is 14.2 Å². The maximum absolute atomic E-state index is 10.8. The average molecular weight is 160 g/mol. The van der Waals surface area contributed by atoms with E-state index in [1.54, 1.807) is 0 Å². The van der Waals surface area contributed by atoms with E-state index in [0.29, 0.717) is 11.5 Å². The molecule has 10 heavy (non-hydrogen) atoms. The van der Waals surface area contributed by atoms with Gasteiger partial charge in [-0.2, -0.15) is 0 Å². The molecular formula is C6H8O3S. The lowest BCUT2D eigenvalue weighted by molar-refractivity contribution is 0.223. The zero-order chi connectivity index (χ0) is 7.56. The third-order valence-corrected chi connectivity index (χ3v) is 2.02. The Balaban J connectivity index is 2.83. The number of hydrogen-bond acceptors (Lipinski definition) is 3. The van der Waals surface area contributed by atoms with Crippen molar-refractivity contribution in [2.24, 2.45) is 0 Å². The molecule has 0 N–H and O–H groups in total. The molecule has 0 aromatic rings. The van der Waals surface area contributed by atoms with Crippen molar-refractivity contribution in [1.82, 2.24) is 0 Å². The molecule has 3 nitrogen and oxygen atoms in total. The van der Waals surface area contributed by atoms with Crippen LogP contribution in [0.2, 0.25) is 0 Å². The van der Waals surface area contributed by atoms with Crippen LogP contribution in [-0.2, 0) is 20.3 Å². The first-order valence-electron chi connectivity index (χ1n) is 2.69. The Morgan fingerprint density at radius 3 is 1.90 bits per heavy atom. The normalized spacial score (nSPS) is 18.2. The zero-order valence-corrected chi connectivity index (χ0v) is 6.60. The fraction of sp³-hybridized carbons (Fsp3) is 0.333. The summed E-state index contributed by atoms with van der Waals surface area (Å²) < 4.78 is 20.5. The molecule has 0 spiro atoms. The summed E-state index contributed by atoms with van der Waals surface area (Å²) in [5, 5.41) is 3.00. The standard InChI is InChI=1S/C6H8O3S/c1-8-5-3-10(7)4-6(5)9-2/h3-4H,1-2H3. The highest BCUT2D eigenvalue weighted by molar-refractivity contribution is 7.91. The predicted molar refractivity (Wildman–Crippen MR) is 38.3 cm³/mol. The molecule has 56 valence electrons. The van der Waals surface area contributed by atoms with E-state index in [-0.39, 0.29) is 0 Å². The number of rotatable bonds is 2. The number of hydrogen-bond donors (Lipinski definition) is 0. The van der Waals surface area contributed by atoms with Crippen LogP contribution in [0.4, 0.5) is 0 Å². The van der Waals surface area contributed by atoms with Gasteiger partial charge < -0.3 is 9.47 Å². The molecule has 0 radical (unpaired) electrons. The van der Waals surface area contributed by atoms with Gasteiger partial charge in [-0.1, -0.05) is 0 Å². The Labute approximate surface area is 61.8 Å². The summed E-state index contributed by atoms with van der Waals surface area (Å²) in [7, 11) is 1.97. The smallest absolute Gasteiger partial charge is 0.170 e. The Morgan fingerprint density at radius 2 is 1.60 bits per heavy atom. The molecule has 0 unspecified atom stereocenters. The van der Waals surface area contributed by atoms with Gasteiger partial charge in [0.2, 0.25) is 0 Å². The molecule has 0 saturated heterocycles. The van der Waals surface area contributed by atoms with Crippen LogP contribution in [-0.4, -0.2) is 18.4 Å². The quantitative estimate of drug-likeness (QED) is 0.597. The van der Waals surface area contributed by atoms with E-state index in [2.05, 4.69) is 0 Å². The first-order chi connectivity index (χ1) is 4.77. The number of methoxy groups -OCH3 is 2. The first-order valence-corrected chi connectivity index (χ1v) is 3.97. The van der Waals surface area contributed by atoms with E-state index in [4.69, 9.17) is 9.47 Å². The summed E-state index contributed by atoms with van der Waals surface area (Å²) in [5.41, 5.74) is 0. The molecule has 1 aliphatic rings. The van der Waals surface area contributed by atoms with Crippen molar-refractivity contribution in [2.45, 2.75) is 0 Å². The van der Waals surface area contributed by atoms with E-state index in [1.807, 2.05) is 0 Å². The van der Waals surface area contributed by atoms with Crippen molar-refractivity contribution < 1.29 is 13.7 Å². The minimum atomic E-state index is -1.06. The van der Waals surface area contributed by atoms with Crippen LogP contribution in [0.15, 0.2) is 22.3 Å². The molecule has 0 amide bonds. The fourth-order valence-electron chi connectivity index (χ4n) is 0.659. The Hall–Kier alpha value is -0.770. The maximum Gasteiger partial charge on any atom is 0.170 e. The molecule has 0 atom stereocenters. The SMILES string of the molecule is COC1=CS(=O)C=C1OC. The van der Waals surface area contributed by atoms with E-state index >= 15 is 0 Å². The van der Waals surface area contributed by atoms with Crippen LogP contribution in [0, 0.1) is 0 Å². The van der Waals surface area contributed by atoms with E-state index < -0.39 is 10.8 Å². The van der Waals surface area contributed by atoms with Crippen LogP contribution in [0.25, 0.3) is 0 Å². The molecule has 1 aliphatic heterocycles. The van der Waals surface area contributed by atoms with Crippen molar-refractivity contribution >= 4 is 10.8 Å². The van der Waals surface area contributed by atoms with Gasteiger partial charge in [0, 0.05) is 0 Å². The topological polar surface area (TPSA) is 35.5 Å². The van der Waals surface area contributed by atoms with E-state index in [9.17, 15) is 4.21 Å². The van der Waals surface area contributed by atoms with E-state index in [0.717, 1.165) is 0 Å². The second kappa shape index (κ2) is 2.88. The van der Waals surface area contributed by atoms with Gasteiger partial charge in [0.05, 0.1) is 35.8 Å². The van der Waals surface area contributed by atoms with Crippen molar-refractivity contribution in [3.63, 3.8) is 0 Å². The second-order valence-corrected chi connectivity index (χ2v) is 2.83. The van der Waals surface area contributed by atoms with Gasteiger partial charge in [0.25, 0.3) is 0 Å². The third kappa shape index (κ3) is 1.21. The van der Waals surface area contributed by atoms with Crippen LogP contribution in [0.3, 0.4) is 0 Å². The summed E-state index contributed by atoms with van der Waals surface area (Å²) in [6.45, 7) is 0. The Kier molecular flexibility index (Phi) is 2.11. The summed E-state index contributed by atoms with van der Waals surface area (Å²) >= 11 is 0. The molecule has 4 heteroatoms. The summed E-state index contributed by atoms with van der Waals surface area (Å²) in [6, 6.07) is 0. The highest BCUT2D eigenvalue weighted by Gasteiger charge is 2.14. The van der Waals surface area contributed by atoms with Gasteiger partial charge >= 0.3 is 0 Å². The average Bonchev–Trinajstić information content (AvgIpc) is 2.30. The van der Waals surface area contributed by atoms with Crippen LogP contribution >= 0.6 is 0 Å². The minimum Gasteiger partial charge on any atom is -0.492 e. The molecule has 0 aromatic heterocycles. The molecule has 0 fully saturated rings. The van der Waals surface area contributed by atoms with Gasteiger partial charge in [-0.25, -0.2) is 0 Å². The fourth-order valence-corrected chi connectivity index (χ4v) is 1.57. The summed E-state index contributed by atoms with van der Waals surface area (Å²) in [4.78, 5) is 0. The second-order valence-electron chi connectivity index (χ2n) is 1.70. The predicted octanol–water partition coefficient (Wildman–Crippen LogP) is 0.724. The molecule has 1 rings (SSSR count). The molecule has 1 heterocycles. The summed E-state index contributed by atoms with van der Waals surface area (Å²) in [5.74, 6) is 1.08. The van der Waals surface area contributed by atoms with Gasteiger partial charge in [0.15, 0.2) is 11.5 Å². The highest BCUT2D eigenvalue weighted by atomic mass is 32.2. The lowest BCUT2D eigenvalue weighted by Crippen LogP contribution is -1.90. The molecule has 0 aromatic carbocycles. The van der Waals surface area contributed by atoms with Crippen molar-refractivity contribution in [1.29, 1.82) is 0 Å². The third-order valence-electron chi connectivity index (χ3n) is 1.13. The molecule has 0 saturated carbocycles. The lowest BCUT2D eigenvalue weighted by atomic mass is 10.5. The summed E-state index contributed by atoms with van der Waals surface area (Å²) in [6.07, 6.45) is 0. The van der Waals surface area contributed by atoms with Crippen molar-refractivity contribution in [3.8, 4) is 0 Å². The maximum atomic E-state index is 10.8. The number of ether oxygens (including phenoxy) is 2. The zero-order valence-electron chi connectivity index (χ0n) is 5.79. The Bertz CT molecular complexity index is 195. The van der Waals surface area contributed by atoms with Crippen molar-refractivity contribution in [3.05, 3.63) is 22.3 Å². The highest BCUT2D eigenvalue weighted by Crippen LogP contribution is 2.19.